The standard InChI is InChI=1S/C18H31NS/c1-16(2,3)13-10-14(17(4,5)6)12-15(11-13)19-20-18(7,8)9/h10-12,19H,1-9H3. The minimum absolute atomic E-state index is 0.171. The van der Waals surface area contributed by atoms with Crippen LogP contribution in [0.25, 0.3) is 0 Å². The molecule has 0 spiro atoms. The molecule has 0 heterocycles. The van der Waals surface area contributed by atoms with Gasteiger partial charge in [-0.15, -0.1) is 0 Å². The molecule has 0 unspecified atom stereocenters. The van der Waals surface area contributed by atoms with Crippen LogP contribution in [0, 0.1) is 0 Å². The van der Waals surface area contributed by atoms with E-state index < -0.39 is 0 Å². The first kappa shape index (κ1) is 17.4. The van der Waals surface area contributed by atoms with Crippen LogP contribution in [0.3, 0.4) is 0 Å². The van der Waals surface area contributed by atoms with E-state index in [0.29, 0.717) is 0 Å². The largest absolute Gasteiger partial charge is 0.329 e. The normalized spacial score (nSPS) is 13.4. The minimum Gasteiger partial charge on any atom is -0.329 e. The Morgan fingerprint density at radius 3 is 1.40 bits per heavy atom. The van der Waals surface area contributed by atoms with Crippen molar-refractivity contribution < 1.29 is 0 Å². The summed E-state index contributed by atoms with van der Waals surface area (Å²) < 4.78 is 3.73. The lowest BCUT2D eigenvalue weighted by Crippen LogP contribution is -2.17. The predicted octanol–water partition coefficient (Wildman–Crippen LogP) is 6.14. The molecule has 1 aromatic rings. The van der Waals surface area contributed by atoms with Gasteiger partial charge in [0, 0.05) is 10.4 Å². The zero-order valence-electron chi connectivity index (χ0n) is 14.6. The van der Waals surface area contributed by atoms with Crippen molar-refractivity contribution in [2.75, 3.05) is 4.72 Å². The van der Waals surface area contributed by atoms with E-state index in [1.54, 1.807) is 11.9 Å². The number of nitrogens with one attached hydrogen (secondary N) is 1. The van der Waals surface area contributed by atoms with Crippen LogP contribution in [0.4, 0.5) is 5.69 Å². The smallest absolute Gasteiger partial charge is 0.0446 e. The van der Waals surface area contributed by atoms with Gasteiger partial charge in [0.15, 0.2) is 0 Å². The van der Waals surface area contributed by atoms with E-state index in [4.69, 9.17) is 0 Å². The molecule has 0 bridgehead atoms. The summed E-state index contributed by atoms with van der Waals surface area (Å²) in [5.74, 6) is 0. The van der Waals surface area contributed by atoms with Gasteiger partial charge < -0.3 is 4.72 Å². The quantitative estimate of drug-likeness (QED) is 0.657. The third-order valence-electron chi connectivity index (χ3n) is 3.14. The van der Waals surface area contributed by atoms with Crippen LogP contribution < -0.4 is 4.72 Å². The topological polar surface area (TPSA) is 12.0 Å². The van der Waals surface area contributed by atoms with Crippen molar-refractivity contribution in [1.82, 2.24) is 0 Å². The molecule has 1 rings (SSSR count). The summed E-state index contributed by atoms with van der Waals surface area (Å²) in [7, 11) is 0. The van der Waals surface area contributed by atoms with Gasteiger partial charge in [0.05, 0.1) is 0 Å². The Labute approximate surface area is 130 Å². The summed E-state index contributed by atoms with van der Waals surface area (Å²) in [5.41, 5.74) is 4.33. The molecule has 0 radical (unpaired) electrons. The van der Waals surface area contributed by atoms with Gasteiger partial charge in [0.1, 0.15) is 0 Å². The molecule has 0 aliphatic carbocycles. The number of rotatable bonds is 2. The Hall–Kier alpha value is -0.630. The lowest BCUT2D eigenvalue weighted by atomic mass is 9.80. The fourth-order valence-corrected chi connectivity index (χ4v) is 2.31. The molecule has 20 heavy (non-hydrogen) atoms. The molecule has 0 saturated heterocycles. The molecule has 1 nitrogen and oxygen atoms in total. The lowest BCUT2D eigenvalue weighted by molar-refractivity contribution is 0.569. The van der Waals surface area contributed by atoms with E-state index in [2.05, 4.69) is 85.2 Å². The Balaban J connectivity index is 3.18. The van der Waals surface area contributed by atoms with E-state index in [-0.39, 0.29) is 15.6 Å². The van der Waals surface area contributed by atoms with Crippen LogP contribution in [0.5, 0.6) is 0 Å². The zero-order valence-corrected chi connectivity index (χ0v) is 15.5. The van der Waals surface area contributed by atoms with Gasteiger partial charge in [-0.25, -0.2) is 0 Å². The fraction of sp³-hybridized carbons (Fsp3) is 0.667. The first-order valence-corrected chi connectivity index (χ1v) is 8.21. The van der Waals surface area contributed by atoms with Crippen molar-refractivity contribution in [3.05, 3.63) is 29.3 Å². The summed E-state index contributed by atoms with van der Waals surface area (Å²) in [5, 5.41) is 0. The second kappa shape index (κ2) is 5.63. The first-order chi connectivity index (χ1) is 8.79. The third kappa shape index (κ3) is 5.40. The third-order valence-corrected chi connectivity index (χ3v) is 4.09. The number of hydrogen-bond acceptors (Lipinski definition) is 2. The van der Waals surface area contributed by atoms with Gasteiger partial charge in [0.2, 0.25) is 0 Å². The SMILES string of the molecule is CC(C)(C)SNc1cc(C(C)(C)C)cc(C(C)(C)C)c1. The molecule has 1 aromatic carbocycles. The Morgan fingerprint density at radius 2 is 1.10 bits per heavy atom. The molecular formula is C18H31NS. The average molecular weight is 294 g/mol. The number of benzene rings is 1. The molecule has 0 aliphatic heterocycles. The molecule has 0 saturated carbocycles. The summed E-state index contributed by atoms with van der Waals surface area (Å²) in [4.78, 5) is 0. The molecule has 0 aliphatic rings. The minimum atomic E-state index is 0.171. The van der Waals surface area contributed by atoms with Crippen molar-refractivity contribution in [2.24, 2.45) is 0 Å². The lowest BCUT2D eigenvalue weighted by Gasteiger charge is -2.27. The summed E-state index contributed by atoms with van der Waals surface area (Å²) in [6.07, 6.45) is 0. The molecule has 0 amide bonds. The highest BCUT2D eigenvalue weighted by molar-refractivity contribution is 8.01. The molecule has 0 fully saturated rings. The molecule has 2 heteroatoms. The fourth-order valence-electron chi connectivity index (χ4n) is 1.76. The zero-order chi connectivity index (χ0) is 15.8. The Kier molecular flexibility index (Phi) is 4.91. The van der Waals surface area contributed by atoms with Crippen LogP contribution >= 0.6 is 11.9 Å². The van der Waals surface area contributed by atoms with Gasteiger partial charge in [0.25, 0.3) is 0 Å². The van der Waals surface area contributed by atoms with Crippen LogP contribution in [-0.4, -0.2) is 4.75 Å². The van der Waals surface area contributed by atoms with Crippen molar-refractivity contribution in [2.45, 2.75) is 77.9 Å². The maximum absolute atomic E-state index is 3.53. The van der Waals surface area contributed by atoms with Crippen molar-refractivity contribution >= 4 is 17.6 Å². The predicted molar refractivity (Wildman–Crippen MR) is 94.8 cm³/mol. The number of hydrogen-bond donors (Lipinski definition) is 1. The molecule has 114 valence electrons. The van der Waals surface area contributed by atoms with Crippen molar-refractivity contribution in [3.63, 3.8) is 0 Å². The van der Waals surface area contributed by atoms with Crippen molar-refractivity contribution in [3.8, 4) is 0 Å². The summed E-state index contributed by atoms with van der Waals surface area (Å²) in [6, 6.07) is 6.93. The Morgan fingerprint density at radius 1 is 0.700 bits per heavy atom. The van der Waals surface area contributed by atoms with Crippen LogP contribution in [0.15, 0.2) is 18.2 Å². The second-order valence-corrected chi connectivity index (χ2v) is 10.2. The maximum atomic E-state index is 3.53. The first-order valence-electron chi connectivity index (χ1n) is 7.39. The summed E-state index contributed by atoms with van der Waals surface area (Å²) >= 11 is 1.78. The van der Waals surface area contributed by atoms with Gasteiger partial charge in [-0.1, -0.05) is 47.6 Å². The molecule has 0 atom stereocenters. The van der Waals surface area contributed by atoms with E-state index in [9.17, 15) is 0 Å². The van der Waals surface area contributed by atoms with Gasteiger partial charge in [-0.3, -0.25) is 0 Å². The second-order valence-electron chi connectivity index (χ2n) is 8.62. The average Bonchev–Trinajstić information content (AvgIpc) is 2.22. The van der Waals surface area contributed by atoms with E-state index in [1.165, 1.54) is 16.8 Å². The van der Waals surface area contributed by atoms with Crippen molar-refractivity contribution in [1.29, 1.82) is 0 Å². The molecule has 1 N–H and O–H groups in total. The molecule has 0 aromatic heterocycles. The highest BCUT2D eigenvalue weighted by Crippen LogP contribution is 2.34. The van der Waals surface area contributed by atoms with E-state index in [1.807, 2.05) is 0 Å². The van der Waals surface area contributed by atoms with Gasteiger partial charge in [-0.05, 0) is 66.8 Å². The molecular weight excluding hydrogens is 262 g/mol. The van der Waals surface area contributed by atoms with Crippen LogP contribution in [0.2, 0.25) is 0 Å². The van der Waals surface area contributed by atoms with Crippen LogP contribution in [0.1, 0.15) is 73.4 Å². The highest BCUT2D eigenvalue weighted by atomic mass is 32.2. The van der Waals surface area contributed by atoms with E-state index >= 15 is 0 Å². The van der Waals surface area contributed by atoms with E-state index in [0.717, 1.165) is 0 Å². The van der Waals surface area contributed by atoms with Gasteiger partial charge in [-0.2, -0.15) is 0 Å². The Bertz CT molecular complexity index is 424. The highest BCUT2D eigenvalue weighted by Gasteiger charge is 2.21. The van der Waals surface area contributed by atoms with Gasteiger partial charge >= 0.3 is 0 Å². The van der Waals surface area contributed by atoms with Crippen LogP contribution in [-0.2, 0) is 10.8 Å². The number of anilines is 1. The monoisotopic (exact) mass is 293 g/mol. The summed E-state index contributed by atoms with van der Waals surface area (Å²) in [6.45, 7) is 20.3. The maximum Gasteiger partial charge on any atom is 0.0446 e.